The van der Waals surface area contributed by atoms with Crippen LogP contribution in [-0.2, 0) is 20.2 Å². The zero-order chi connectivity index (χ0) is 20.5. The lowest BCUT2D eigenvalue weighted by atomic mass is 9.83. The summed E-state index contributed by atoms with van der Waals surface area (Å²) >= 11 is 0. The van der Waals surface area contributed by atoms with Gasteiger partial charge in [0.1, 0.15) is 0 Å². The summed E-state index contributed by atoms with van der Waals surface area (Å²) in [6, 6.07) is 14.9. The lowest BCUT2D eigenvalue weighted by molar-refractivity contribution is -0.137. The Morgan fingerprint density at radius 3 is 2.07 bits per heavy atom. The molecule has 1 amide bonds. The van der Waals surface area contributed by atoms with Crippen LogP contribution in [0.15, 0.2) is 53.4 Å². The van der Waals surface area contributed by atoms with Crippen LogP contribution < -0.4 is 0 Å². The number of nitrogens with zero attached hydrogens (tertiary/aromatic N) is 2. The van der Waals surface area contributed by atoms with E-state index in [9.17, 15) is 13.2 Å². The van der Waals surface area contributed by atoms with E-state index in [-0.39, 0.29) is 5.91 Å². The van der Waals surface area contributed by atoms with Crippen LogP contribution in [0, 0.1) is 13.8 Å². The van der Waals surface area contributed by atoms with Gasteiger partial charge in [-0.05, 0) is 56.5 Å². The van der Waals surface area contributed by atoms with Gasteiger partial charge in [0.15, 0.2) is 0 Å². The van der Waals surface area contributed by atoms with Gasteiger partial charge in [-0.1, -0.05) is 36.4 Å². The Labute approximate surface area is 168 Å². The third-order valence-corrected chi connectivity index (χ3v) is 7.57. The molecule has 1 saturated heterocycles. The summed E-state index contributed by atoms with van der Waals surface area (Å²) in [6.45, 7) is 9.14. The largest absolute Gasteiger partial charge is 0.339 e. The number of carbonyl (C=O) groups is 1. The van der Waals surface area contributed by atoms with Crippen LogP contribution in [0.25, 0.3) is 0 Å². The Kier molecular flexibility index (Phi) is 5.64. The molecule has 3 rings (SSSR count). The molecule has 0 aliphatic carbocycles. The second kappa shape index (κ2) is 7.68. The second-order valence-electron chi connectivity index (χ2n) is 7.93. The summed E-state index contributed by atoms with van der Waals surface area (Å²) in [5, 5.41) is 0. The van der Waals surface area contributed by atoms with E-state index >= 15 is 0 Å². The molecule has 0 N–H and O–H groups in total. The molecule has 0 saturated carbocycles. The average molecular weight is 401 g/mol. The predicted octanol–water partition coefficient (Wildman–Crippen LogP) is 3.11. The number of piperazine rings is 1. The van der Waals surface area contributed by atoms with Gasteiger partial charge in [0.2, 0.25) is 15.9 Å². The van der Waals surface area contributed by atoms with Crippen molar-refractivity contribution in [3.63, 3.8) is 0 Å². The van der Waals surface area contributed by atoms with Crippen LogP contribution in [0.5, 0.6) is 0 Å². The number of sulfonamides is 1. The minimum Gasteiger partial charge on any atom is -0.339 e. The van der Waals surface area contributed by atoms with Crippen LogP contribution >= 0.6 is 0 Å². The molecule has 0 unspecified atom stereocenters. The van der Waals surface area contributed by atoms with Crippen molar-refractivity contribution >= 4 is 15.9 Å². The number of hydrogen-bond acceptors (Lipinski definition) is 3. The normalized spacial score (nSPS) is 16.2. The third-order valence-electron chi connectivity index (χ3n) is 5.67. The van der Waals surface area contributed by atoms with Gasteiger partial charge in [0, 0.05) is 26.2 Å². The molecular weight excluding hydrogens is 372 g/mol. The maximum atomic E-state index is 13.1. The minimum atomic E-state index is -3.54. The molecule has 2 aromatic carbocycles. The molecule has 2 aromatic rings. The number of hydrogen-bond donors (Lipinski definition) is 0. The fourth-order valence-electron chi connectivity index (χ4n) is 3.53. The van der Waals surface area contributed by atoms with Gasteiger partial charge in [-0.2, -0.15) is 4.31 Å². The number of aryl methyl sites for hydroxylation is 2. The maximum absolute atomic E-state index is 13.1. The third kappa shape index (κ3) is 3.84. The van der Waals surface area contributed by atoms with E-state index in [0.717, 1.165) is 16.7 Å². The zero-order valence-electron chi connectivity index (χ0n) is 17.0. The highest BCUT2D eigenvalue weighted by atomic mass is 32.2. The van der Waals surface area contributed by atoms with E-state index in [4.69, 9.17) is 0 Å². The zero-order valence-corrected chi connectivity index (χ0v) is 17.8. The molecular formula is C22H28N2O3S. The van der Waals surface area contributed by atoms with E-state index in [1.807, 2.05) is 64.1 Å². The smallest absolute Gasteiger partial charge is 0.243 e. The monoisotopic (exact) mass is 400 g/mol. The summed E-state index contributed by atoms with van der Waals surface area (Å²) in [7, 11) is -3.54. The minimum absolute atomic E-state index is 0.0296. The highest BCUT2D eigenvalue weighted by Gasteiger charge is 2.37. The van der Waals surface area contributed by atoms with Crippen LogP contribution in [-0.4, -0.2) is 49.7 Å². The van der Waals surface area contributed by atoms with Crippen molar-refractivity contribution in [2.45, 2.75) is 38.0 Å². The Hall–Kier alpha value is -2.18. The van der Waals surface area contributed by atoms with Crippen LogP contribution in [0.1, 0.15) is 30.5 Å². The highest BCUT2D eigenvalue weighted by Crippen LogP contribution is 2.27. The van der Waals surface area contributed by atoms with Crippen molar-refractivity contribution in [3.05, 3.63) is 65.2 Å². The molecule has 28 heavy (non-hydrogen) atoms. The standard InChI is InChI=1S/C22H28N2O3S/c1-17-10-11-20(16-18(17)2)28(26,27)24-14-12-23(13-15-24)21(25)22(3,4)19-8-6-5-7-9-19/h5-11,16H,12-15H2,1-4H3. The fraction of sp³-hybridized carbons (Fsp3) is 0.409. The molecule has 5 nitrogen and oxygen atoms in total. The lowest BCUT2D eigenvalue weighted by Gasteiger charge is -2.38. The Balaban J connectivity index is 1.71. The van der Waals surface area contributed by atoms with E-state index in [1.54, 1.807) is 17.0 Å². The van der Waals surface area contributed by atoms with Gasteiger partial charge in [-0.3, -0.25) is 4.79 Å². The van der Waals surface area contributed by atoms with Crippen molar-refractivity contribution < 1.29 is 13.2 Å². The van der Waals surface area contributed by atoms with Gasteiger partial charge in [-0.25, -0.2) is 8.42 Å². The maximum Gasteiger partial charge on any atom is 0.243 e. The van der Waals surface area contributed by atoms with Crippen molar-refractivity contribution in [2.24, 2.45) is 0 Å². The summed E-state index contributed by atoms with van der Waals surface area (Å²) in [5.41, 5.74) is 2.35. The molecule has 1 fully saturated rings. The summed E-state index contributed by atoms with van der Waals surface area (Å²) in [4.78, 5) is 15.2. The quantitative estimate of drug-likeness (QED) is 0.792. The molecule has 0 radical (unpaired) electrons. The Bertz CT molecular complexity index is 961. The molecule has 1 aliphatic rings. The number of carbonyl (C=O) groups excluding carboxylic acids is 1. The molecule has 0 aromatic heterocycles. The molecule has 6 heteroatoms. The van der Waals surface area contributed by atoms with Gasteiger partial charge >= 0.3 is 0 Å². The first-order valence-electron chi connectivity index (χ1n) is 9.56. The SMILES string of the molecule is Cc1ccc(S(=O)(=O)N2CCN(C(=O)C(C)(C)c3ccccc3)CC2)cc1C. The molecule has 0 bridgehead atoms. The number of benzene rings is 2. The van der Waals surface area contributed by atoms with Crippen molar-refractivity contribution in [3.8, 4) is 0 Å². The summed E-state index contributed by atoms with van der Waals surface area (Å²) < 4.78 is 27.4. The van der Waals surface area contributed by atoms with Gasteiger partial charge in [0.25, 0.3) is 0 Å². The van der Waals surface area contributed by atoms with E-state index in [2.05, 4.69) is 0 Å². The topological polar surface area (TPSA) is 57.7 Å². The van der Waals surface area contributed by atoms with Crippen molar-refractivity contribution in [2.75, 3.05) is 26.2 Å². The van der Waals surface area contributed by atoms with Gasteiger partial charge < -0.3 is 4.90 Å². The van der Waals surface area contributed by atoms with Crippen molar-refractivity contribution in [1.29, 1.82) is 0 Å². The first kappa shape index (κ1) is 20.6. The molecule has 1 aliphatic heterocycles. The summed E-state index contributed by atoms with van der Waals surface area (Å²) in [5.74, 6) is 0.0296. The van der Waals surface area contributed by atoms with Crippen LogP contribution in [0.2, 0.25) is 0 Å². The summed E-state index contributed by atoms with van der Waals surface area (Å²) in [6.07, 6.45) is 0. The molecule has 150 valence electrons. The van der Waals surface area contributed by atoms with E-state index in [0.29, 0.717) is 31.1 Å². The molecule has 0 atom stereocenters. The average Bonchev–Trinajstić information content (AvgIpc) is 2.70. The first-order valence-corrected chi connectivity index (χ1v) is 11.0. The highest BCUT2D eigenvalue weighted by molar-refractivity contribution is 7.89. The fourth-order valence-corrected chi connectivity index (χ4v) is 5.04. The first-order chi connectivity index (χ1) is 13.1. The van der Waals surface area contributed by atoms with Crippen LogP contribution in [0.3, 0.4) is 0 Å². The predicted molar refractivity (Wildman–Crippen MR) is 111 cm³/mol. The number of rotatable bonds is 4. The van der Waals surface area contributed by atoms with E-state index < -0.39 is 15.4 Å². The van der Waals surface area contributed by atoms with Crippen molar-refractivity contribution in [1.82, 2.24) is 9.21 Å². The second-order valence-corrected chi connectivity index (χ2v) is 9.87. The Morgan fingerprint density at radius 1 is 0.893 bits per heavy atom. The van der Waals surface area contributed by atoms with E-state index in [1.165, 1.54) is 4.31 Å². The number of amides is 1. The lowest BCUT2D eigenvalue weighted by Crippen LogP contribution is -2.54. The Morgan fingerprint density at radius 2 is 1.50 bits per heavy atom. The molecule has 1 heterocycles. The van der Waals surface area contributed by atoms with Gasteiger partial charge in [0.05, 0.1) is 10.3 Å². The van der Waals surface area contributed by atoms with Crippen LogP contribution in [0.4, 0.5) is 0 Å². The molecule has 0 spiro atoms. The van der Waals surface area contributed by atoms with Gasteiger partial charge in [-0.15, -0.1) is 0 Å².